The number of anilines is 1. The monoisotopic (exact) mass is 328 g/mol. The van der Waals surface area contributed by atoms with Gasteiger partial charge >= 0.3 is 6.61 Å². The van der Waals surface area contributed by atoms with Crippen LogP contribution in [0.3, 0.4) is 0 Å². The summed E-state index contributed by atoms with van der Waals surface area (Å²) in [6, 6.07) is 3.84. The molecule has 1 fully saturated rings. The molecule has 1 aliphatic heterocycles. The van der Waals surface area contributed by atoms with E-state index in [4.69, 9.17) is 4.74 Å². The zero-order valence-electron chi connectivity index (χ0n) is 12.1. The van der Waals surface area contributed by atoms with E-state index in [0.717, 1.165) is 0 Å². The molecule has 0 spiro atoms. The first-order valence-electron chi connectivity index (χ1n) is 6.68. The highest BCUT2D eigenvalue weighted by Gasteiger charge is 2.32. The van der Waals surface area contributed by atoms with Gasteiger partial charge in [-0.25, -0.2) is 0 Å². The molecule has 23 heavy (non-hydrogen) atoms. The second-order valence-electron chi connectivity index (χ2n) is 4.74. The molecule has 1 aromatic carbocycles. The summed E-state index contributed by atoms with van der Waals surface area (Å²) >= 11 is 0. The van der Waals surface area contributed by atoms with E-state index in [0.29, 0.717) is 0 Å². The molecule has 1 saturated heterocycles. The number of benzene rings is 1. The minimum Gasteiger partial charge on any atom is -0.493 e. The molecule has 2 N–H and O–H groups in total. The Labute approximate surface area is 129 Å². The Kier molecular flexibility index (Phi) is 5.09. The standard InChI is InChI=1S/C14H14F2N2O5/c1-22-10-6-7(2-4-9(10)23-14(15)16)17-12(20)8-3-5-11(19)18-13(8)21/h2,4,6,8,14H,3,5H2,1H3,(H,17,20)(H,18,19,21)/t8-/m0/s1. The highest BCUT2D eigenvalue weighted by molar-refractivity contribution is 6.12. The maximum absolute atomic E-state index is 12.2. The fourth-order valence-corrected chi connectivity index (χ4v) is 2.11. The van der Waals surface area contributed by atoms with Gasteiger partial charge < -0.3 is 14.8 Å². The highest BCUT2D eigenvalue weighted by atomic mass is 19.3. The molecule has 3 amide bonds. The lowest BCUT2D eigenvalue weighted by Gasteiger charge is -2.20. The van der Waals surface area contributed by atoms with Crippen LogP contribution in [0, 0.1) is 5.92 Å². The van der Waals surface area contributed by atoms with E-state index in [9.17, 15) is 23.2 Å². The van der Waals surface area contributed by atoms with E-state index >= 15 is 0 Å². The highest BCUT2D eigenvalue weighted by Crippen LogP contribution is 2.31. The third-order valence-corrected chi connectivity index (χ3v) is 3.20. The van der Waals surface area contributed by atoms with Crippen molar-refractivity contribution in [1.82, 2.24) is 5.32 Å². The SMILES string of the molecule is COc1cc(NC(=O)[C@@H]2CCC(=O)NC2=O)ccc1OC(F)F. The summed E-state index contributed by atoms with van der Waals surface area (Å²) < 4.78 is 33.7. The van der Waals surface area contributed by atoms with Crippen LogP contribution < -0.4 is 20.1 Å². The van der Waals surface area contributed by atoms with Crippen LogP contribution in [0.25, 0.3) is 0 Å². The lowest BCUT2D eigenvalue weighted by atomic mass is 9.97. The third-order valence-electron chi connectivity index (χ3n) is 3.20. The number of nitrogens with one attached hydrogen (secondary N) is 2. The number of alkyl halides is 2. The van der Waals surface area contributed by atoms with Crippen LogP contribution in [0.5, 0.6) is 11.5 Å². The number of hydrogen-bond acceptors (Lipinski definition) is 5. The number of hydrogen-bond donors (Lipinski definition) is 2. The Balaban J connectivity index is 2.09. The summed E-state index contributed by atoms with van der Waals surface area (Å²) in [6.07, 6.45) is 0.189. The van der Waals surface area contributed by atoms with Gasteiger partial charge in [-0.15, -0.1) is 0 Å². The molecular formula is C14H14F2N2O5. The van der Waals surface area contributed by atoms with Gasteiger partial charge in [0.05, 0.1) is 7.11 Å². The van der Waals surface area contributed by atoms with E-state index in [1.54, 1.807) is 0 Å². The first kappa shape index (κ1) is 16.7. The van der Waals surface area contributed by atoms with Crippen LogP contribution in [0.15, 0.2) is 18.2 Å². The quantitative estimate of drug-likeness (QED) is 0.627. The maximum Gasteiger partial charge on any atom is 0.387 e. The van der Waals surface area contributed by atoms with Crippen molar-refractivity contribution in [2.75, 3.05) is 12.4 Å². The van der Waals surface area contributed by atoms with Crippen LogP contribution >= 0.6 is 0 Å². The van der Waals surface area contributed by atoms with E-state index in [1.165, 1.54) is 25.3 Å². The Morgan fingerprint density at radius 2 is 2.09 bits per heavy atom. The van der Waals surface area contributed by atoms with Crippen LogP contribution in [0.4, 0.5) is 14.5 Å². The molecule has 0 aliphatic carbocycles. The zero-order chi connectivity index (χ0) is 17.0. The van der Waals surface area contributed by atoms with Gasteiger partial charge in [-0.05, 0) is 18.6 Å². The van der Waals surface area contributed by atoms with Crippen molar-refractivity contribution >= 4 is 23.4 Å². The minimum atomic E-state index is -3.01. The number of carbonyl (C=O) groups is 3. The van der Waals surface area contributed by atoms with Gasteiger partial charge in [-0.1, -0.05) is 0 Å². The molecule has 124 valence electrons. The van der Waals surface area contributed by atoms with Gasteiger partial charge in [0.2, 0.25) is 17.7 Å². The smallest absolute Gasteiger partial charge is 0.387 e. The molecule has 1 aromatic rings. The van der Waals surface area contributed by atoms with Crippen molar-refractivity contribution in [1.29, 1.82) is 0 Å². The zero-order valence-corrected chi connectivity index (χ0v) is 12.1. The Morgan fingerprint density at radius 3 is 2.70 bits per heavy atom. The van der Waals surface area contributed by atoms with E-state index in [2.05, 4.69) is 15.4 Å². The maximum atomic E-state index is 12.2. The van der Waals surface area contributed by atoms with Crippen molar-refractivity contribution in [3.63, 3.8) is 0 Å². The summed E-state index contributed by atoms with van der Waals surface area (Å²) in [5.74, 6) is -2.85. The Hall–Kier alpha value is -2.71. The first-order valence-corrected chi connectivity index (χ1v) is 6.68. The number of methoxy groups -OCH3 is 1. The van der Waals surface area contributed by atoms with Crippen molar-refractivity contribution in [3.8, 4) is 11.5 Å². The third kappa shape index (κ3) is 4.15. The second kappa shape index (κ2) is 7.03. The van der Waals surface area contributed by atoms with E-state index in [1.807, 2.05) is 0 Å². The molecule has 2 rings (SSSR count). The summed E-state index contributed by atoms with van der Waals surface area (Å²) in [5, 5.41) is 4.56. The summed E-state index contributed by atoms with van der Waals surface area (Å²) in [4.78, 5) is 34.7. The van der Waals surface area contributed by atoms with E-state index in [-0.39, 0.29) is 30.0 Å². The fourth-order valence-electron chi connectivity index (χ4n) is 2.11. The largest absolute Gasteiger partial charge is 0.493 e. The normalized spacial score (nSPS) is 17.7. The predicted octanol–water partition coefficient (Wildman–Crippen LogP) is 1.29. The van der Waals surface area contributed by atoms with Crippen LogP contribution in [0.1, 0.15) is 12.8 Å². The van der Waals surface area contributed by atoms with Gasteiger partial charge in [0, 0.05) is 18.2 Å². The topological polar surface area (TPSA) is 93.7 Å². The Morgan fingerprint density at radius 1 is 1.35 bits per heavy atom. The van der Waals surface area contributed by atoms with Gasteiger partial charge in [0.15, 0.2) is 11.5 Å². The Bertz CT molecular complexity index is 636. The molecule has 0 aromatic heterocycles. The molecule has 9 heteroatoms. The fraction of sp³-hybridized carbons (Fsp3) is 0.357. The van der Waals surface area contributed by atoms with Crippen molar-refractivity contribution < 1.29 is 32.6 Å². The van der Waals surface area contributed by atoms with Crippen LogP contribution in [-0.2, 0) is 14.4 Å². The summed E-state index contributed by atoms with van der Waals surface area (Å²) in [6.45, 7) is -3.01. The average molecular weight is 328 g/mol. The van der Waals surface area contributed by atoms with Gasteiger partial charge in [0.25, 0.3) is 0 Å². The summed E-state index contributed by atoms with van der Waals surface area (Å²) in [5.41, 5.74) is 0.248. The van der Waals surface area contributed by atoms with Crippen molar-refractivity contribution in [2.24, 2.45) is 5.92 Å². The van der Waals surface area contributed by atoms with Crippen molar-refractivity contribution in [3.05, 3.63) is 18.2 Å². The molecule has 7 nitrogen and oxygen atoms in total. The predicted molar refractivity (Wildman–Crippen MR) is 74.1 cm³/mol. The van der Waals surface area contributed by atoms with Crippen LogP contribution in [-0.4, -0.2) is 31.4 Å². The molecule has 0 saturated carbocycles. The van der Waals surface area contributed by atoms with Gasteiger partial charge in [-0.3, -0.25) is 19.7 Å². The summed E-state index contributed by atoms with van der Waals surface area (Å²) in [7, 11) is 1.26. The van der Waals surface area contributed by atoms with Gasteiger partial charge in [0.1, 0.15) is 5.92 Å². The molecule has 1 aliphatic rings. The molecule has 0 radical (unpaired) electrons. The number of amides is 3. The van der Waals surface area contributed by atoms with Crippen molar-refractivity contribution in [2.45, 2.75) is 19.5 Å². The first-order chi connectivity index (χ1) is 10.9. The average Bonchev–Trinajstić information content (AvgIpc) is 2.48. The van der Waals surface area contributed by atoms with Crippen LogP contribution in [0.2, 0.25) is 0 Å². The lowest BCUT2D eigenvalue weighted by molar-refractivity contribution is -0.139. The lowest BCUT2D eigenvalue weighted by Crippen LogP contribution is -2.45. The van der Waals surface area contributed by atoms with Gasteiger partial charge in [-0.2, -0.15) is 8.78 Å². The minimum absolute atomic E-state index is 0.00590. The molecule has 1 atom stereocenters. The number of piperidine rings is 1. The second-order valence-corrected chi connectivity index (χ2v) is 4.74. The number of imide groups is 1. The molecule has 0 unspecified atom stereocenters. The molecular weight excluding hydrogens is 314 g/mol. The number of ether oxygens (including phenoxy) is 2. The van der Waals surface area contributed by atoms with E-state index < -0.39 is 30.3 Å². The molecule has 0 bridgehead atoms. The number of halogens is 2. The molecule has 1 heterocycles. The number of rotatable bonds is 5. The number of carbonyl (C=O) groups excluding carboxylic acids is 3.